The topological polar surface area (TPSA) is 112 Å². The number of hydrogen-bond donors (Lipinski definition) is 2. The van der Waals surface area contributed by atoms with Crippen molar-refractivity contribution in [2.45, 2.75) is 50.8 Å². The van der Waals surface area contributed by atoms with Gasteiger partial charge < -0.3 is 15.1 Å². The van der Waals surface area contributed by atoms with Crippen LogP contribution < -0.4 is 0 Å². The van der Waals surface area contributed by atoms with Gasteiger partial charge in [-0.25, -0.2) is 9.59 Å². The summed E-state index contributed by atoms with van der Waals surface area (Å²) in [6, 6.07) is 7.39. The Morgan fingerprint density at radius 1 is 1.03 bits per heavy atom. The van der Waals surface area contributed by atoms with Gasteiger partial charge in [0.05, 0.1) is 10.8 Å². The molecule has 1 fully saturated rings. The number of Topliss-reactive ketones (excluding diaryl/α,β-unsaturated/α-hetero) is 1. The molecule has 2 N–H and O–H groups in total. The second kappa shape index (κ2) is 14.6. The largest absolute Gasteiger partial charge is 0.478 e. The normalized spacial score (nSPS) is 16.2. The summed E-state index contributed by atoms with van der Waals surface area (Å²) in [5.74, 6) is -1.60. The second-order valence-electron chi connectivity index (χ2n) is 7.56. The van der Waals surface area contributed by atoms with Gasteiger partial charge in [-0.3, -0.25) is 9.00 Å². The summed E-state index contributed by atoms with van der Waals surface area (Å²) >= 11 is 0. The summed E-state index contributed by atoms with van der Waals surface area (Å²) in [5.41, 5.74) is 0.741. The monoisotopic (exact) mass is 451 g/mol. The Balaban J connectivity index is 0.000000512. The van der Waals surface area contributed by atoms with Crippen LogP contribution in [0.2, 0.25) is 0 Å². The molecule has 8 heteroatoms. The molecule has 1 heterocycles. The lowest BCUT2D eigenvalue weighted by Crippen LogP contribution is -2.35. The van der Waals surface area contributed by atoms with E-state index in [4.69, 9.17) is 10.2 Å². The standard InChI is InChI=1S/C19H29NO2S.C4H4O4/c1-3-4-14-23(22)18-10-8-17(9-11-18)19(21)16(2)15-20-12-6-5-7-13-20;5-3(6)1-2-4(7)8/h8-11,16H,3-7,12-15H2,1-2H3;1-2H,(H,5,6)(H,7,8)/b;2-1+. The first kappa shape index (κ1) is 26.7. The van der Waals surface area contributed by atoms with Crippen LogP contribution in [0.1, 0.15) is 56.3 Å². The molecule has 0 saturated carbocycles. The lowest BCUT2D eigenvalue weighted by Gasteiger charge is -2.28. The number of rotatable bonds is 10. The smallest absolute Gasteiger partial charge is 0.328 e. The fourth-order valence-corrected chi connectivity index (χ4v) is 4.43. The van der Waals surface area contributed by atoms with Crippen LogP contribution in [-0.4, -0.2) is 62.4 Å². The van der Waals surface area contributed by atoms with E-state index in [2.05, 4.69) is 11.8 Å². The van der Waals surface area contributed by atoms with Crippen LogP contribution in [0, 0.1) is 5.92 Å². The van der Waals surface area contributed by atoms with Crippen molar-refractivity contribution >= 4 is 28.5 Å². The molecule has 0 bridgehead atoms. The van der Waals surface area contributed by atoms with E-state index in [-0.39, 0.29) is 11.7 Å². The molecule has 1 aromatic rings. The maximum Gasteiger partial charge on any atom is 0.328 e. The molecule has 2 atom stereocenters. The van der Waals surface area contributed by atoms with Crippen LogP contribution in [0.4, 0.5) is 0 Å². The van der Waals surface area contributed by atoms with Crippen molar-refractivity contribution in [2.24, 2.45) is 5.92 Å². The summed E-state index contributed by atoms with van der Waals surface area (Å²) in [5, 5.41) is 15.6. The SMILES string of the molecule is CCCCS(=O)c1ccc(C(=O)C(C)CN2CCCCC2)cc1.O=C(O)/C=C/C(=O)O. The minimum absolute atomic E-state index is 0.0181. The zero-order valence-corrected chi connectivity index (χ0v) is 19.1. The molecular formula is C23H33NO6S. The maximum atomic E-state index is 12.6. The van der Waals surface area contributed by atoms with Crippen LogP contribution in [-0.2, 0) is 20.4 Å². The highest BCUT2D eigenvalue weighted by Crippen LogP contribution is 2.16. The van der Waals surface area contributed by atoms with E-state index in [9.17, 15) is 18.6 Å². The van der Waals surface area contributed by atoms with Crippen LogP contribution in [0.25, 0.3) is 0 Å². The van der Waals surface area contributed by atoms with Crippen molar-refractivity contribution in [3.05, 3.63) is 42.0 Å². The first-order chi connectivity index (χ1) is 14.7. The maximum absolute atomic E-state index is 12.6. The Morgan fingerprint density at radius 3 is 2.06 bits per heavy atom. The highest BCUT2D eigenvalue weighted by atomic mass is 32.2. The lowest BCUT2D eigenvalue weighted by atomic mass is 9.98. The highest BCUT2D eigenvalue weighted by Gasteiger charge is 2.20. The molecular weight excluding hydrogens is 418 g/mol. The Labute approximate surface area is 186 Å². The van der Waals surface area contributed by atoms with E-state index >= 15 is 0 Å². The van der Waals surface area contributed by atoms with Gasteiger partial charge in [0, 0.05) is 40.8 Å². The molecule has 0 aromatic heterocycles. The van der Waals surface area contributed by atoms with Crippen molar-refractivity contribution in [2.75, 3.05) is 25.4 Å². The van der Waals surface area contributed by atoms with Crippen molar-refractivity contribution in [3.63, 3.8) is 0 Å². The number of ketones is 1. The minimum Gasteiger partial charge on any atom is -0.478 e. The molecule has 172 valence electrons. The molecule has 1 aliphatic rings. The van der Waals surface area contributed by atoms with E-state index in [1.165, 1.54) is 19.3 Å². The molecule has 0 aliphatic carbocycles. The Kier molecular flexibility index (Phi) is 12.6. The summed E-state index contributed by atoms with van der Waals surface area (Å²) in [6.07, 6.45) is 6.95. The third-order valence-electron chi connectivity index (χ3n) is 4.88. The Morgan fingerprint density at radius 2 is 1.58 bits per heavy atom. The molecule has 1 saturated heterocycles. The molecule has 2 rings (SSSR count). The number of carboxylic acid groups (broad SMARTS) is 2. The second-order valence-corrected chi connectivity index (χ2v) is 9.13. The van der Waals surface area contributed by atoms with Crippen LogP contribution in [0.5, 0.6) is 0 Å². The van der Waals surface area contributed by atoms with Gasteiger partial charge in [0.1, 0.15) is 0 Å². The Hall–Kier alpha value is -2.32. The fraction of sp³-hybridized carbons (Fsp3) is 0.522. The number of hydrogen-bond acceptors (Lipinski definition) is 5. The first-order valence-electron chi connectivity index (χ1n) is 10.6. The lowest BCUT2D eigenvalue weighted by molar-refractivity contribution is -0.134. The summed E-state index contributed by atoms with van der Waals surface area (Å²) in [6.45, 7) is 7.20. The predicted molar refractivity (Wildman–Crippen MR) is 121 cm³/mol. The van der Waals surface area contributed by atoms with E-state index in [1.54, 1.807) is 0 Å². The quantitative estimate of drug-likeness (QED) is 0.413. The minimum atomic E-state index is -1.26. The summed E-state index contributed by atoms with van der Waals surface area (Å²) < 4.78 is 12.1. The van der Waals surface area contributed by atoms with Gasteiger partial charge in [0.15, 0.2) is 5.78 Å². The van der Waals surface area contributed by atoms with Gasteiger partial charge in [-0.15, -0.1) is 0 Å². The van der Waals surface area contributed by atoms with Gasteiger partial charge >= 0.3 is 11.9 Å². The van der Waals surface area contributed by atoms with E-state index in [0.717, 1.165) is 42.9 Å². The zero-order valence-electron chi connectivity index (χ0n) is 18.3. The molecule has 1 aliphatic heterocycles. The number of aliphatic carboxylic acids is 2. The number of carboxylic acids is 2. The molecule has 0 spiro atoms. The molecule has 7 nitrogen and oxygen atoms in total. The Bertz CT molecular complexity index is 753. The number of nitrogens with zero attached hydrogens (tertiary/aromatic N) is 1. The first-order valence-corrected chi connectivity index (χ1v) is 12.0. The van der Waals surface area contributed by atoms with Crippen molar-refractivity contribution < 1.29 is 28.8 Å². The van der Waals surface area contributed by atoms with Gasteiger partial charge in [-0.05, 0) is 44.5 Å². The average Bonchev–Trinajstić information content (AvgIpc) is 2.76. The molecule has 1 aromatic carbocycles. The number of carbonyl (C=O) groups is 3. The van der Waals surface area contributed by atoms with Gasteiger partial charge in [0.2, 0.25) is 0 Å². The zero-order chi connectivity index (χ0) is 23.2. The predicted octanol–water partition coefficient (Wildman–Crippen LogP) is 3.61. The van der Waals surface area contributed by atoms with Crippen molar-refractivity contribution in [1.29, 1.82) is 0 Å². The van der Waals surface area contributed by atoms with Crippen molar-refractivity contribution in [3.8, 4) is 0 Å². The van der Waals surface area contributed by atoms with E-state index in [1.807, 2.05) is 31.2 Å². The third kappa shape index (κ3) is 11.0. The van der Waals surface area contributed by atoms with E-state index < -0.39 is 22.7 Å². The highest BCUT2D eigenvalue weighted by molar-refractivity contribution is 7.85. The van der Waals surface area contributed by atoms with Crippen LogP contribution in [0.3, 0.4) is 0 Å². The number of likely N-dealkylation sites (tertiary alicyclic amines) is 1. The van der Waals surface area contributed by atoms with Crippen LogP contribution >= 0.6 is 0 Å². The van der Waals surface area contributed by atoms with Crippen LogP contribution in [0.15, 0.2) is 41.3 Å². The number of benzene rings is 1. The van der Waals surface area contributed by atoms with Crippen molar-refractivity contribution in [1.82, 2.24) is 4.90 Å². The molecule has 31 heavy (non-hydrogen) atoms. The molecule has 2 unspecified atom stereocenters. The summed E-state index contributed by atoms with van der Waals surface area (Å²) in [4.78, 5) is 34.9. The van der Waals surface area contributed by atoms with Gasteiger partial charge in [0.25, 0.3) is 0 Å². The van der Waals surface area contributed by atoms with E-state index in [0.29, 0.717) is 17.9 Å². The number of piperidine rings is 1. The molecule has 0 radical (unpaired) electrons. The van der Waals surface area contributed by atoms with Gasteiger partial charge in [-0.2, -0.15) is 0 Å². The molecule has 0 amide bonds. The van der Waals surface area contributed by atoms with Gasteiger partial charge in [-0.1, -0.05) is 38.8 Å². The number of carbonyl (C=O) groups excluding carboxylic acids is 1. The average molecular weight is 452 g/mol. The summed E-state index contributed by atoms with van der Waals surface area (Å²) in [7, 11) is -0.941. The fourth-order valence-electron chi connectivity index (χ4n) is 3.20. The third-order valence-corrected chi connectivity index (χ3v) is 6.34. The number of unbranched alkanes of at least 4 members (excludes halogenated alkanes) is 1.